The monoisotopic (exact) mass is 276 g/mol. The summed E-state index contributed by atoms with van der Waals surface area (Å²) in [5, 5.41) is 3.39. The maximum atomic E-state index is 4.71. The molecule has 1 aliphatic heterocycles. The van der Waals surface area contributed by atoms with Gasteiger partial charge in [0.1, 0.15) is 17.5 Å². The van der Waals surface area contributed by atoms with Gasteiger partial charge in [0.2, 0.25) is 0 Å². The van der Waals surface area contributed by atoms with Crippen molar-refractivity contribution in [2.24, 2.45) is 5.92 Å². The van der Waals surface area contributed by atoms with Crippen LogP contribution in [-0.2, 0) is 6.42 Å². The molecule has 0 spiro atoms. The third kappa shape index (κ3) is 3.84. The molecule has 2 rings (SSSR count). The molecule has 0 saturated carbocycles. The van der Waals surface area contributed by atoms with Crippen LogP contribution in [0.25, 0.3) is 0 Å². The van der Waals surface area contributed by atoms with E-state index in [0.717, 1.165) is 55.9 Å². The van der Waals surface area contributed by atoms with Crippen LogP contribution in [0, 0.1) is 5.92 Å². The predicted octanol–water partition coefficient (Wildman–Crippen LogP) is 3.49. The van der Waals surface area contributed by atoms with Gasteiger partial charge in [-0.3, -0.25) is 0 Å². The number of aryl methyl sites for hydroxylation is 1. The van der Waals surface area contributed by atoms with E-state index in [1.807, 2.05) is 0 Å². The Morgan fingerprint density at radius 3 is 2.55 bits per heavy atom. The first-order chi connectivity index (χ1) is 9.76. The molecule has 1 fully saturated rings. The zero-order valence-electron chi connectivity index (χ0n) is 13.2. The molecule has 2 heterocycles. The minimum Gasteiger partial charge on any atom is -0.370 e. The largest absolute Gasteiger partial charge is 0.370 e. The fourth-order valence-corrected chi connectivity index (χ4v) is 2.72. The molecular formula is C16H28N4. The molecule has 1 aromatic heterocycles. The van der Waals surface area contributed by atoms with E-state index in [2.05, 4.69) is 42.0 Å². The Morgan fingerprint density at radius 1 is 1.20 bits per heavy atom. The van der Waals surface area contributed by atoms with Gasteiger partial charge in [-0.2, -0.15) is 0 Å². The highest BCUT2D eigenvalue weighted by Crippen LogP contribution is 2.25. The van der Waals surface area contributed by atoms with Crippen LogP contribution in [0.3, 0.4) is 0 Å². The lowest BCUT2D eigenvalue weighted by molar-refractivity contribution is 0.393. The average molecular weight is 276 g/mol. The van der Waals surface area contributed by atoms with E-state index in [9.17, 15) is 0 Å². The average Bonchev–Trinajstić information content (AvgIpc) is 2.52. The van der Waals surface area contributed by atoms with Crippen molar-refractivity contribution < 1.29 is 0 Å². The molecule has 1 N–H and O–H groups in total. The third-order valence-electron chi connectivity index (χ3n) is 4.15. The van der Waals surface area contributed by atoms with Crippen LogP contribution in [0.2, 0.25) is 0 Å². The van der Waals surface area contributed by atoms with Gasteiger partial charge in [0.15, 0.2) is 0 Å². The second kappa shape index (κ2) is 7.46. The summed E-state index contributed by atoms with van der Waals surface area (Å²) in [7, 11) is 0. The zero-order valence-corrected chi connectivity index (χ0v) is 13.2. The van der Waals surface area contributed by atoms with Crippen LogP contribution >= 0.6 is 0 Å². The van der Waals surface area contributed by atoms with Crippen molar-refractivity contribution in [1.29, 1.82) is 0 Å². The molecular weight excluding hydrogens is 248 g/mol. The van der Waals surface area contributed by atoms with E-state index < -0.39 is 0 Å². The Bertz CT molecular complexity index is 411. The van der Waals surface area contributed by atoms with Crippen LogP contribution in [0.15, 0.2) is 6.07 Å². The summed E-state index contributed by atoms with van der Waals surface area (Å²) in [5.41, 5.74) is 0. The Balaban J connectivity index is 2.10. The van der Waals surface area contributed by atoms with Crippen LogP contribution in [0.1, 0.15) is 52.3 Å². The first kappa shape index (κ1) is 15.1. The van der Waals surface area contributed by atoms with E-state index in [0.29, 0.717) is 0 Å². The van der Waals surface area contributed by atoms with Crippen molar-refractivity contribution in [2.45, 2.75) is 52.9 Å². The molecule has 0 unspecified atom stereocenters. The van der Waals surface area contributed by atoms with E-state index >= 15 is 0 Å². The summed E-state index contributed by atoms with van der Waals surface area (Å²) in [5.74, 6) is 3.92. The summed E-state index contributed by atoms with van der Waals surface area (Å²) >= 11 is 0. The van der Waals surface area contributed by atoms with E-state index in [-0.39, 0.29) is 0 Å². The molecule has 112 valence electrons. The lowest BCUT2D eigenvalue weighted by Gasteiger charge is -2.32. The topological polar surface area (TPSA) is 41.0 Å². The molecule has 0 radical (unpaired) electrons. The standard InChI is InChI=1S/C16H28N4/c1-4-9-17-15-12-16(19-14(6-3)18-15)20-10-7-13(5-2)8-11-20/h12-13H,4-11H2,1-3H3,(H,17,18,19). The van der Waals surface area contributed by atoms with Gasteiger partial charge < -0.3 is 10.2 Å². The Morgan fingerprint density at radius 2 is 1.95 bits per heavy atom. The maximum absolute atomic E-state index is 4.71. The molecule has 1 saturated heterocycles. The lowest BCUT2D eigenvalue weighted by atomic mass is 9.94. The van der Waals surface area contributed by atoms with Crippen LogP contribution in [0.5, 0.6) is 0 Å². The minimum absolute atomic E-state index is 0.889. The highest BCUT2D eigenvalue weighted by molar-refractivity contribution is 5.49. The number of piperidine rings is 1. The van der Waals surface area contributed by atoms with Crippen LogP contribution in [-0.4, -0.2) is 29.6 Å². The number of anilines is 2. The van der Waals surface area contributed by atoms with Gasteiger partial charge in [0, 0.05) is 32.1 Å². The molecule has 4 nitrogen and oxygen atoms in total. The van der Waals surface area contributed by atoms with Crippen molar-refractivity contribution in [3.05, 3.63) is 11.9 Å². The zero-order chi connectivity index (χ0) is 14.4. The van der Waals surface area contributed by atoms with E-state index in [1.165, 1.54) is 19.3 Å². The SMILES string of the molecule is CCCNc1cc(N2CCC(CC)CC2)nc(CC)n1. The number of rotatable bonds is 6. The normalized spacial score (nSPS) is 16.4. The van der Waals surface area contributed by atoms with Gasteiger partial charge in [-0.05, 0) is 25.2 Å². The predicted molar refractivity (Wildman–Crippen MR) is 85.4 cm³/mol. The molecule has 1 aliphatic rings. The molecule has 20 heavy (non-hydrogen) atoms. The van der Waals surface area contributed by atoms with Crippen LogP contribution < -0.4 is 10.2 Å². The summed E-state index contributed by atoms with van der Waals surface area (Å²) in [6, 6.07) is 2.11. The van der Waals surface area contributed by atoms with Gasteiger partial charge in [0.25, 0.3) is 0 Å². The highest BCUT2D eigenvalue weighted by atomic mass is 15.2. The summed E-state index contributed by atoms with van der Waals surface area (Å²) in [6.45, 7) is 9.82. The second-order valence-corrected chi connectivity index (χ2v) is 5.65. The maximum Gasteiger partial charge on any atom is 0.134 e. The summed E-state index contributed by atoms with van der Waals surface area (Å²) < 4.78 is 0. The first-order valence-corrected chi connectivity index (χ1v) is 8.13. The quantitative estimate of drug-likeness (QED) is 0.863. The Kier molecular flexibility index (Phi) is 5.62. The van der Waals surface area contributed by atoms with Gasteiger partial charge in [-0.25, -0.2) is 9.97 Å². The molecule has 0 aromatic carbocycles. The lowest BCUT2D eigenvalue weighted by Crippen LogP contribution is -2.34. The summed E-state index contributed by atoms with van der Waals surface area (Å²) in [6.07, 6.45) is 5.89. The molecule has 4 heteroatoms. The Labute approximate surface area is 123 Å². The summed E-state index contributed by atoms with van der Waals surface area (Å²) in [4.78, 5) is 11.7. The minimum atomic E-state index is 0.889. The van der Waals surface area contributed by atoms with Crippen molar-refractivity contribution in [3.63, 3.8) is 0 Å². The van der Waals surface area contributed by atoms with Gasteiger partial charge in [-0.1, -0.05) is 27.2 Å². The second-order valence-electron chi connectivity index (χ2n) is 5.65. The van der Waals surface area contributed by atoms with E-state index in [1.54, 1.807) is 0 Å². The molecule has 0 atom stereocenters. The van der Waals surface area contributed by atoms with Crippen LogP contribution in [0.4, 0.5) is 11.6 Å². The first-order valence-electron chi connectivity index (χ1n) is 8.13. The number of hydrogen-bond acceptors (Lipinski definition) is 4. The number of hydrogen-bond donors (Lipinski definition) is 1. The van der Waals surface area contributed by atoms with E-state index in [4.69, 9.17) is 4.98 Å². The van der Waals surface area contributed by atoms with Gasteiger partial charge in [0.05, 0.1) is 0 Å². The molecule has 0 aliphatic carbocycles. The van der Waals surface area contributed by atoms with Crippen molar-refractivity contribution in [2.75, 3.05) is 29.9 Å². The molecule has 1 aromatic rings. The fourth-order valence-electron chi connectivity index (χ4n) is 2.72. The third-order valence-corrected chi connectivity index (χ3v) is 4.15. The molecule has 0 amide bonds. The highest BCUT2D eigenvalue weighted by Gasteiger charge is 2.19. The number of nitrogens with zero attached hydrogens (tertiary/aromatic N) is 3. The number of aromatic nitrogens is 2. The fraction of sp³-hybridized carbons (Fsp3) is 0.750. The van der Waals surface area contributed by atoms with Crippen molar-refractivity contribution >= 4 is 11.6 Å². The van der Waals surface area contributed by atoms with Crippen molar-refractivity contribution in [3.8, 4) is 0 Å². The van der Waals surface area contributed by atoms with Gasteiger partial charge >= 0.3 is 0 Å². The smallest absolute Gasteiger partial charge is 0.134 e. The molecule has 0 bridgehead atoms. The number of nitrogens with one attached hydrogen (secondary N) is 1. The van der Waals surface area contributed by atoms with Crippen molar-refractivity contribution in [1.82, 2.24) is 9.97 Å². The van der Waals surface area contributed by atoms with Gasteiger partial charge in [-0.15, -0.1) is 0 Å². The Hall–Kier alpha value is -1.32.